The molecule has 0 saturated carbocycles. The van der Waals surface area contributed by atoms with Gasteiger partial charge in [-0.25, -0.2) is 8.78 Å². The zero-order valence-electron chi connectivity index (χ0n) is 19.1. The van der Waals surface area contributed by atoms with Crippen molar-refractivity contribution >= 4 is 28.6 Å². The van der Waals surface area contributed by atoms with Gasteiger partial charge in [-0.3, -0.25) is 4.90 Å². The number of aryl methyl sites for hydroxylation is 1. The Balaban J connectivity index is 1.65. The van der Waals surface area contributed by atoms with Crippen molar-refractivity contribution in [2.45, 2.75) is 26.3 Å². The summed E-state index contributed by atoms with van der Waals surface area (Å²) in [6, 6.07) is 20.0. The minimum Gasteiger partial charge on any atom is -0.351 e. The Morgan fingerprint density at radius 1 is 1.00 bits per heavy atom. The van der Waals surface area contributed by atoms with Crippen molar-refractivity contribution in [3.63, 3.8) is 0 Å². The molecule has 0 aliphatic carbocycles. The summed E-state index contributed by atoms with van der Waals surface area (Å²) in [5, 5.41) is 7.88. The molecular formula is C27H22F2N4OS. The van der Waals surface area contributed by atoms with Crippen molar-refractivity contribution in [2.75, 3.05) is 4.90 Å². The zero-order valence-corrected chi connectivity index (χ0v) is 19.9. The lowest BCUT2D eigenvalue weighted by Crippen LogP contribution is -2.46. The zero-order chi connectivity index (χ0) is 24.5. The SMILES string of the molecule is CCc1ccc(C2NC(=S)N(c3cccc(F)c3)C(C)=C2c2nc(-c3cccc(F)c3)no2)cc1. The number of benzene rings is 3. The molecule has 1 aromatic heterocycles. The van der Waals surface area contributed by atoms with Crippen molar-refractivity contribution < 1.29 is 13.3 Å². The second-order valence-electron chi connectivity index (χ2n) is 8.23. The minimum atomic E-state index is -0.389. The molecule has 1 aliphatic heterocycles. The first-order valence-corrected chi connectivity index (χ1v) is 11.6. The highest BCUT2D eigenvalue weighted by Crippen LogP contribution is 2.39. The van der Waals surface area contributed by atoms with Crippen molar-refractivity contribution in [3.05, 3.63) is 107 Å². The molecule has 1 aliphatic rings. The quantitative estimate of drug-likeness (QED) is 0.326. The van der Waals surface area contributed by atoms with Crippen molar-refractivity contribution in [1.29, 1.82) is 0 Å². The first-order chi connectivity index (χ1) is 16.9. The van der Waals surface area contributed by atoms with Crippen LogP contribution in [0.1, 0.15) is 36.9 Å². The molecule has 3 aromatic carbocycles. The van der Waals surface area contributed by atoms with Crippen LogP contribution in [0.4, 0.5) is 14.5 Å². The van der Waals surface area contributed by atoms with E-state index in [4.69, 9.17) is 16.7 Å². The Hall–Kier alpha value is -3.91. The molecule has 0 spiro atoms. The highest BCUT2D eigenvalue weighted by molar-refractivity contribution is 7.80. The molecule has 176 valence electrons. The molecule has 5 nitrogen and oxygen atoms in total. The van der Waals surface area contributed by atoms with E-state index in [1.807, 2.05) is 19.1 Å². The molecule has 5 rings (SSSR count). The molecular weight excluding hydrogens is 466 g/mol. The highest BCUT2D eigenvalue weighted by atomic mass is 32.1. The van der Waals surface area contributed by atoms with Crippen LogP contribution in [0.2, 0.25) is 0 Å². The average molecular weight is 489 g/mol. The van der Waals surface area contributed by atoms with Gasteiger partial charge in [-0.1, -0.05) is 54.5 Å². The Bertz CT molecular complexity index is 1430. The fraction of sp³-hybridized carbons (Fsp3) is 0.148. The van der Waals surface area contributed by atoms with Crippen LogP contribution in [0.15, 0.2) is 83.0 Å². The first-order valence-electron chi connectivity index (χ1n) is 11.2. The fourth-order valence-electron chi connectivity index (χ4n) is 4.22. The van der Waals surface area contributed by atoms with E-state index in [-0.39, 0.29) is 29.4 Å². The topological polar surface area (TPSA) is 54.2 Å². The summed E-state index contributed by atoms with van der Waals surface area (Å²) in [5.41, 5.74) is 4.66. The van der Waals surface area contributed by atoms with Gasteiger partial charge in [0.2, 0.25) is 5.82 Å². The third-order valence-corrected chi connectivity index (χ3v) is 6.31. The van der Waals surface area contributed by atoms with E-state index in [1.54, 1.807) is 29.2 Å². The van der Waals surface area contributed by atoms with Crippen molar-refractivity contribution in [3.8, 4) is 11.4 Å². The average Bonchev–Trinajstić information content (AvgIpc) is 3.34. The van der Waals surface area contributed by atoms with Gasteiger partial charge in [0.15, 0.2) is 5.11 Å². The molecule has 0 radical (unpaired) electrons. The maximum Gasteiger partial charge on any atom is 0.258 e. The monoisotopic (exact) mass is 488 g/mol. The molecule has 1 atom stereocenters. The van der Waals surface area contributed by atoms with E-state index in [0.717, 1.165) is 17.7 Å². The molecule has 0 saturated heterocycles. The largest absolute Gasteiger partial charge is 0.351 e. The number of hydrogen-bond acceptors (Lipinski definition) is 4. The van der Waals surface area contributed by atoms with Crippen molar-refractivity contribution in [1.82, 2.24) is 15.5 Å². The summed E-state index contributed by atoms with van der Waals surface area (Å²) in [7, 11) is 0. The van der Waals surface area contributed by atoms with Crippen molar-refractivity contribution in [2.24, 2.45) is 0 Å². The van der Waals surface area contributed by atoms with Crippen LogP contribution in [-0.2, 0) is 6.42 Å². The second kappa shape index (κ2) is 9.38. The number of anilines is 1. The van der Waals surface area contributed by atoms with Gasteiger partial charge < -0.3 is 9.84 Å². The second-order valence-corrected chi connectivity index (χ2v) is 8.61. The number of rotatable bonds is 5. The smallest absolute Gasteiger partial charge is 0.258 e. The van der Waals surface area contributed by atoms with Crippen LogP contribution in [-0.4, -0.2) is 15.3 Å². The van der Waals surface area contributed by atoms with E-state index in [2.05, 4.69) is 34.5 Å². The van der Waals surface area contributed by atoms with Gasteiger partial charge >= 0.3 is 0 Å². The van der Waals surface area contributed by atoms with E-state index in [1.165, 1.54) is 29.8 Å². The summed E-state index contributed by atoms with van der Waals surface area (Å²) in [5.74, 6) is -0.226. The number of halogens is 2. The molecule has 1 N–H and O–H groups in total. The number of nitrogens with zero attached hydrogens (tertiary/aromatic N) is 3. The Morgan fingerprint density at radius 2 is 1.71 bits per heavy atom. The molecule has 8 heteroatoms. The molecule has 4 aromatic rings. The predicted octanol–water partition coefficient (Wildman–Crippen LogP) is 6.44. The molecule has 2 heterocycles. The fourth-order valence-corrected chi connectivity index (χ4v) is 4.58. The Morgan fingerprint density at radius 3 is 2.40 bits per heavy atom. The lowest BCUT2D eigenvalue weighted by Gasteiger charge is -2.37. The van der Waals surface area contributed by atoms with Gasteiger partial charge in [-0.15, -0.1) is 0 Å². The number of aromatic nitrogens is 2. The Kier molecular flexibility index (Phi) is 6.13. The lowest BCUT2D eigenvalue weighted by molar-refractivity contribution is 0.404. The van der Waals surface area contributed by atoms with E-state index in [9.17, 15) is 8.78 Å². The normalized spacial score (nSPS) is 15.9. The van der Waals surface area contributed by atoms with Crippen LogP contribution in [0.5, 0.6) is 0 Å². The van der Waals surface area contributed by atoms with Gasteiger partial charge in [0.05, 0.1) is 17.3 Å². The summed E-state index contributed by atoms with van der Waals surface area (Å²) >= 11 is 5.70. The molecule has 1 unspecified atom stereocenters. The van der Waals surface area contributed by atoms with Crippen LogP contribution in [0.25, 0.3) is 17.0 Å². The third kappa shape index (κ3) is 4.44. The number of nitrogens with one attached hydrogen (secondary N) is 1. The van der Waals surface area contributed by atoms with Gasteiger partial charge in [0.1, 0.15) is 11.6 Å². The predicted molar refractivity (Wildman–Crippen MR) is 135 cm³/mol. The summed E-state index contributed by atoms with van der Waals surface area (Å²) in [6.07, 6.45) is 0.923. The number of hydrogen-bond donors (Lipinski definition) is 1. The molecule has 0 bridgehead atoms. The first kappa shape index (κ1) is 22.9. The van der Waals surface area contributed by atoms with Gasteiger partial charge in [0.25, 0.3) is 5.89 Å². The van der Waals surface area contributed by atoms with Gasteiger partial charge in [-0.2, -0.15) is 4.98 Å². The van der Waals surface area contributed by atoms with E-state index < -0.39 is 0 Å². The number of thiocarbonyl (C=S) groups is 1. The van der Waals surface area contributed by atoms with E-state index in [0.29, 0.717) is 21.9 Å². The molecule has 0 amide bonds. The molecule has 35 heavy (non-hydrogen) atoms. The Labute approximate surface area is 207 Å². The molecule has 0 fully saturated rings. The standard InChI is InChI=1S/C27H22F2N4OS/c1-3-17-10-12-18(13-11-17)24-23(26-31-25(32-34-26)19-6-4-7-20(28)14-19)16(2)33(27(35)30-24)22-9-5-8-21(29)15-22/h4-15,24H,3H2,1-2H3,(H,30,35). The summed E-state index contributed by atoms with van der Waals surface area (Å²) in [4.78, 5) is 6.34. The van der Waals surface area contributed by atoms with Crippen LogP contribution < -0.4 is 10.2 Å². The van der Waals surface area contributed by atoms with Crippen LogP contribution >= 0.6 is 12.2 Å². The van der Waals surface area contributed by atoms with Gasteiger partial charge in [0, 0.05) is 11.3 Å². The summed E-state index contributed by atoms with van der Waals surface area (Å²) in [6.45, 7) is 3.98. The third-order valence-electron chi connectivity index (χ3n) is 6.01. The highest BCUT2D eigenvalue weighted by Gasteiger charge is 2.35. The van der Waals surface area contributed by atoms with E-state index >= 15 is 0 Å². The summed E-state index contributed by atoms with van der Waals surface area (Å²) < 4.78 is 33.5. The lowest BCUT2D eigenvalue weighted by atomic mass is 9.93. The van der Waals surface area contributed by atoms with Crippen LogP contribution in [0, 0.1) is 11.6 Å². The van der Waals surface area contributed by atoms with Crippen LogP contribution in [0.3, 0.4) is 0 Å². The van der Waals surface area contributed by atoms with Gasteiger partial charge in [-0.05, 0) is 67.0 Å². The minimum absolute atomic E-state index is 0.266. The maximum absolute atomic E-state index is 14.1. The number of allylic oxidation sites excluding steroid dienone is 1. The maximum atomic E-state index is 14.1.